The molecule has 0 fully saturated rings. The maximum Gasteiger partial charge on any atom is 0.328 e. The molecule has 0 radical (unpaired) electrons. The van der Waals surface area contributed by atoms with Gasteiger partial charge >= 0.3 is 5.97 Å². The molecule has 2 N–H and O–H groups in total. The van der Waals surface area contributed by atoms with E-state index >= 15 is 0 Å². The van der Waals surface area contributed by atoms with E-state index in [1.165, 1.54) is 17.6 Å². The number of hydrogen-bond acceptors (Lipinski definition) is 7. The Balaban J connectivity index is 2.05. The van der Waals surface area contributed by atoms with E-state index in [-0.39, 0.29) is 11.3 Å². The van der Waals surface area contributed by atoms with Crippen LogP contribution in [0.5, 0.6) is 5.75 Å². The van der Waals surface area contributed by atoms with Crippen molar-refractivity contribution in [1.29, 1.82) is 0 Å². The number of benzene rings is 1. The maximum atomic E-state index is 13.1. The predicted molar refractivity (Wildman–Crippen MR) is 120 cm³/mol. The van der Waals surface area contributed by atoms with Crippen molar-refractivity contribution >= 4 is 28.3 Å². The molecule has 3 rings (SSSR count). The summed E-state index contributed by atoms with van der Waals surface area (Å²) in [6, 6.07) is 2.70. The number of carbonyl (C=O) groups is 1. The molecule has 1 aromatic carbocycles. The number of unbranched alkanes of at least 4 members (excludes halogenated alkanes) is 1. The lowest BCUT2D eigenvalue weighted by Crippen LogP contribution is -2.39. The van der Waals surface area contributed by atoms with Crippen molar-refractivity contribution in [3.63, 3.8) is 0 Å². The summed E-state index contributed by atoms with van der Waals surface area (Å²) < 4.78 is 11.4. The Labute approximate surface area is 180 Å². The van der Waals surface area contributed by atoms with Crippen LogP contribution in [0, 0.1) is 12.8 Å². The molecule has 30 heavy (non-hydrogen) atoms. The van der Waals surface area contributed by atoms with Gasteiger partial charge in [0.05, 0.1) is 21.7 Å². The van der Waals surface area contributed by atoms with E-state index in [2.05, 4.69) is 11.9 Å². The number of aromatic nitrogens is 1. The van der Waals surface area contributed by atoms with Crippen molar-refractivity contribution < 1.29 is 13.9 Å². The van der Waals surface area contributed by atoms with Gasteiger partial charge in [-0.1, -0.05) is 33.6 Å². The number of hydrogen-bond donors (Lipinski definition) is 1. The molecule has 0 saturated carbocycles. The fourth-order valence-electron chi connectivity index (χ4n) is 3.19. The Kier molecular flexibility index (Phi) is 7.05. The van der Waals surface area contributed by atoms with E-state index in [1.54, 1.807) is 12.1 Å². The normalized spacial score (nSPS) is 13.4. The lowest BCUT2D eigenvalue weighted by molar-refractivity contribution is -0.137. The first-order chi connectivity index (χ1) is 14.3. The van der Waals surface area contributed by atoms with Crippen molar-refractivity contribution in [2.24, 2.45) is 11.7 Å². The molecular weight excluding hydrogens is 400 g/mol. The predicted octanol–water partition coefficient (Wildman–Crippen LogP) is 4.85. The molecule has 2 aromatic heterocycles. The maximum absolute atomic E-state index is 13.1. The fraction of sp³-hybridized carbons (Fsp3) is 0.435. The summed E-state index contributed by atoms with van der Waals surface area (Å²) in [6.45, 7) is 7.88. The minimum absolute atomic E-state index is 0.0131. The standard InChI is InChI=1S/C23H28N2O4S/c1-5-7-8-15-9-16-20(10-19(15)29-23(27)21(24)13(3)6-2)28-11-17(22(16)26)18-12-30-14(4)25-18/h9-13,21H,5-8,24H2,1-4H3. The third kappa shape index (κ3) is 4.63. The molecule has 0 bridgehead atoms. The number of fused-ring (bicyclic) bond motifs is 1. The molecule has 0 aliphatic heterocycles. The third-order valence-electron chi connectivity index (χ3n) is 5.39. The van der Waals surface area contributed by atoms with Gasteiger partial charge in [0.15, 0.2) is 0 Å². The average Bonchev–Trinajstić information content (AvgIpc) is 3.17. The molecular formula is C23H28N2O4S. The highest BCUT2D eigenvalue weighted by atomic mass is 32.1. The second-order valence-electron chi connectivity index (χ2n) is 7.62. The first-order valence-electron chi connectivity index (χ1n) is 10.3. The molecule has 0 saturated heterocycles. The molecule has 6 nitrogen and oxygen atoms in total. The topological polar surface area (TPSA) is 95.4 Å². The van der Waals surface area contributed by atoms with E-state index in [0.717, 1.165) is 29.8 Å². The molecule has 2 atom stereocenters. The van der Waals surface area contributed by atoms with Gasteiger partial charge in [-0.15, -0.1) is 11.3 Å². The molecule has 2 heterocycles. The number of carbonyl (C=O) groups excluding carboxylic acids is 1. The summed E-state index contributed by atoms with van der Waals surface area (Å²) in [6.07, 6.45) is 4.77. The summed E-state index contributed by atoms with van der Waals surface area (Å²) >= 11 is 1.48. The van der Waals surface area contributed by atoms with Crippen molar-refractivity contribution in [2.45, 2.75) is 59.4 Å². The molecule has 3 aromatic rings. The van der Waals surface area contributed by atoms with Crippen molar-refractivity contribution in [1.82, 2.24) is 4.98 Å². The van der Waals surface area contributed by atoms with Gasteiger partial charge in [0.2, 0.25) is 5.43 Å². The smallest absolute Gasteiger partial charge is 0.328 e. The van der Waals surface area contributed by atoms with E-state index in [4.69, 9.17) is 14.9 Å². The van der Waals surface area contributed by atoms with Gasteiger partial charge in [0, 0.05) is 11.4 Å². The number of nitrogens with two attached hydrogens (primary N) is 1. The summed E-state index contributed by atoms with van der Waals surface area (Å²) in [7, 11) is 0. The lowest BCUT2D eigenvalue weighted by Gasteiger charge is -2.18. The second kappa shape index (κ2) is 9.53. The van der Waals surface area contributed by atoms with Crippen LogP contribution in [0.25, 0.3) is 22.2 Å². The molecule has 0 spiro atoms. The molecule has 160 valence electrons. The molecule has 0 aliphatic carbocycles. The number of thiazole rings is 1. The van der Waals surface area contributed by atoms with E-state index in [1.807, 2.05) is 26.2 Å². The van der Waals surface area contributed by atoms with Crippen LogP contribution in [-0.4, -0.2) is 17.0 Å². The Bertz CT molecular complexity index is 1100. The highest BCUT2D eigenvalue weighted by Gasteiger charge is 2.23. The van der Waals surface area contributed by atoms with Crippen molar-refractivity contribution in [3.8, 4) is 17.0 Å². The van der Waals surface area contributed by atoms with Gasteiger partial charge in [-0.2, -0.15) is 0 Å². The lowest BCUT2D eigenvalue weighted by atomic mass is 10.00. The summed E-state index contributed by atoms with van der Waals surface area (Å²) in [5.74, 6) is -0.0578. The quantitative estimate of drug-likeness (QED) is 0.407. The number of ether oxygens (including phenoxy) is 1. The average molecular weight is 429 g/mol. The molecule has 2 unspecified atom stereocenters. The van der Waals surface area contributed by atoms with Gasteiger partial charge in [-0.3, -0.25) is 4.79 Å². The van der Waals surface area contributed by atoms with E-state index in [9.17, 15) is 9.59 Å². The summed E-state index contributed by atoms with van der Waals surface area (Å²) in [5.41, 5.74) is 8.10. The Morgan fingerprint density at radius 3 is 2.73 bits per heavy atom. The minimum Gasteiger partial charge on any atom is -0.463 e. The minimum atomic E-state index is -0.702. The Hall–Kier alpha value is -2.51. The highest BCUT2D eigenvalue weighted by Crippen LogP contribution is 2.29. The monoisotopic (exact) mass is 428 g/mol. The summed E-state index contributed by atoms with van der Waals surface area (Å²) in [5, 5.41) is 3.18. The van der Waals surface area contributed by atoms with Gasteiger partial charge in [-0.25, -0.2) is 9.78 Å². The number of nitrogens with zero attached hydrogens (tertiary/aromatic N) is 1. The van der Waals surface area contributed by atoms with Crippen LogP contribution in [0.2, 0.25) is 0 Å². The van der Waals surface area contributed by atoms with Gasteiger partial charge < -0.3 is 14.9 Å². The summed E-state index contributed by atoms with van der Waals surface area (Å²) in [4.78, 5) is 30.0. The number of aryl methyl sites for hydroxylation is 2. The second-order valence-corrected chi connectivity index (χ2v) is 8.68. The number of rotatable bonds is 8. The van der Waals surface area contributed by atoms with Crippen LogP contribution in [0.1, 0.15) is 50.6 Å². The highest BCUT2D eigenvalue weighted by molar-refractivity contribution is 7.09. The van der Waals surface area contributed by atoms with E-state index in [0.29, 0.717) is 34.4 Å². The number of esters is 1. The molecule has 0 aliphatic rings. The van der Waals surface area contributed by atoms with Gasteiger partial charge in [-0.05, 0) is 37.3 Å². The first kappa shape index (κ1) is 22.2. The largest absolute Gasteiger partial charge is 0.463 e. The van der Waals surface area contributed by atoms with Gasteiger partial charge in [0.1, 0.15) is 23.6 Å². The zero-order chi connectivity index (χ0) is 21.8. The van der Waals surface area contributed by atoms with Crippen LogP contribution in [0.15, 0.2) is 33.0 Å². The van der Waals surface area contributed by atoms with Crippen LogP contribution in [0.4, 0.5) is 0 Å². The Morgan fingerprint density at radius 2 is 2.10 bits per heavy atom. The van der Waals surface area contributed by atoms with Crippen molar-refractivity contribution in [2.75, 3.05) is 0 Å². The van der Waals surface area contributed by atoms with E-state index < -0.39 is 12.0 Å². The third-order valence-corrected chi connectivity index (χ3v) is 6.16. The zero-order valence-corrected chi connectivity index (χ0v) is 18.7. The van der Waals surface area contributed by atoms with Crippen LogP contribution in [0.3, 0.4) is 0 Å². The Morgan fingerprint density at radius 1 is 1.33 bits per heavy atom. The first-order valence-corrected chi connectivity index (χ1v) is 11.2. The van der Waals surface area contributed by atoms with Gasteiger partial charge in [0.25, 0.3) is 0 Å². The van der Waals surface area contributed by atoms with Crippen LogP contribution < -0.4 is 15.9 Å². The zero-order valence-electron chi connectivity index (χ0n) is 17.9. The van der Waals surface area contributed by atoms with Crippen LogP contribution in [-0.2, 0) is 11.2 Å². The molecule has 0 amide bonds. The fourth-order valence-corrected chi connectivity index (χ4v) is 3.80. The molecule has 7 heteroatoms. The van der Waals surface area contributed by atoms with Crippen molar-refractivity contribution in [3.05, 3.63) is 44.6 Å². The van der Waals surface area contributed by atoms with Crippen LogP contribution >= 0.6 is 11.3 Å². The SMILES string of the molecule is CCCCc1cc2c(=O)c(-c3csc(C)n3)coc2cc1OC(=O)C(N)C(C)CC.